The number of hydrogen-bond acceptors (Lipinski definition) is 12. The summed E-state index contributed by atoms with van der Waals surface area (Å²) in [4.78, 5) is 85.5. The fourth-order valence-corrected chi connectivity index (χ4v) is 11.1. The van der Waals surface area contributed by atoms with Crippen molar-refractivity contribution in [3.8, 4) is 11.5 Å². The van der Waals surface area contributed by atoms with Crippen LogP contribution >= 0.6 is 0 Å². The summed E-state index contributed by atoms with van der Waals surface area (Å²) in [6, 6.07) is 16.9. The predicted octanol–water partition coefficient (Wildman–Crippen LogP) is 5.04. The average molecular weight is 1070 g/mol. The number of carbonyl (C=O) groups excluding carboxylic acids is 6. The molecule has 5 aliphatic rings. The lowest BCUT2D eigenvalue weighted by Gasteiger charge is -2.35. The maximum absolute atomic E-state index is 15.1. The molecule has 19 heteroatoms. The van der Waals surface area contributed by atoms with Gasteiger partial charge in [0.05, 0.1) is 56.7 Å². The summed E-state index contributed by atoms with van der Waals surface area (Å²) in [6.07, 6.45) is 13.1. The van der Waals surface area contributed by atoms with E-state index in [4.69, 9.17) is 14.2 Å². The Morgan fingerprint density at radius 1 is 0.859 bits per heavy atom. The van der Waals surface area contributed by atoms with E-state index in [-0.39, 0.29) is 86.3 Å². The first-order chi connectivity index (χ1) is 37.8. The molecule has 78 heavy (non-hydrogen) atoms. The summed E-state index contributed by atoms with van der Waals surface area (Å²) in [5, 5.41) is 16.8. The van der Waals surface area contributed by atoms with Gasteiger partial charge < -0.3 is 50.2 Å². The zero-order valence-corrected chi connectivity index (χ0v) is 45.3. The van der Waals surface area contributed by atoms with Gasteiger partial charge >= 0.3 is 0 Å². The molecule has 8 rings (SSSR count). The number of nitrogens with zero attached hydrogens (tertiary/aromatic N) is 4. The van der Waals surface area contributed by atoms with Crippen LogP contribution in [-0.2, 0) is 36.9 Å². The Kier molecular flexibility index (Phi) is 20.2. The smallest absolute Gasteiger partial charge is 0.256 e. The Hall–Kier alpha value is -6.96. The Morgan fingerprint density at radius 3 is 2.42 bits per heavy atom. The zero-order valence-electron chi connectivity index (χ0n) is 45.3. The van der Waals surface area contributed by atoms with Crippen molar-refractivity contribution < 1.29 is 47.4 Å². The molecule has 0 radical (unpaired) electrons. The van der Waals surface area contributed by atoms with Crippen LogP contribution in [0.2, 0.25) is 0 Å². The monoisotopic (exact) mass is 1070 g/mol. The molecule has 3 aliphatic heterocycles. The largest absolute Gasteiger partial charge is 0.497 e. The maximum atomic E-state index is 15.1. The molecule has 3 aromatic carbocycles. The van der Waals surface area contributed by atoms with Gasteiger partial charge in [0.2, 0.25) is 17.7 Å². The molecule has 0 spiro atoms. The highest BCUT2D eigenvalue weighted by atomic mass is 19.1. The second-order valence-corrected chi connectivity index (χ2v) is 21.0. The van der Waals surface area contributed by atoms with Crippen LogP contribution in [0.15, 0.2) is 89.6 Å². The zero-order chi connectivity index (χ0) is 55.0. The van der Waals surface area contributed by atoms with Crippen LogP contribution < -0.4 is 36.2 Å². The molecule has 6 amide bonds. The highest BCUT2D eigenvalue weighted by Gasteiger charge is 2.42. The molecule has 5 N–H and O–H groups in total. The molecule has 0 aromatic heterocycles. The van der Waals surface area contributed by atoms with Gasteiger partial charge in [0.25, 0.3) is 17.7 Å². The van der Waals surface area contributed by atoms with Crippen molar-refractivity contribution in [1.82, 2.24) is 41.4 Å². The van der Waals surface area contributed by atoms with Crippen LogP contribution in [0.25, 0.3) is 0 Å². The van der Waals surface area contributed by atoms with E-state index in [0.29, 0.717) is 87.9 Å². The van der Waals surface area contributed by atoms with Crippen LogP contribution in [0.5, 0.6) is 11.5 Å². The van der Waals surface area contributed by atoms with E-state index in [1.165, 1.54) is 6.07 Å². The Balaban J connectivity index is 0.730. The number of halogens is 1. The van der Waals surface area contributed by atoms with Gasteiger partial charge in [-0.1, -0.05) is 61.8 Å². The summed E-state index contributed by atoms with van der Waals surface area (Å²) in [7, 11) is 1.61. The molecule has 3 aromatic rings. The van der Waals surface area contributed by atoms with Crippen LogP contribution in [-0.4, -0.2) is 154 Å². The molecule has 2 unspecified atom stereocenters. The number of carbonyl (C=O) groups is 6. The lowest BCUT2D eigenvalue weighted by molar-refractivity contribution is -0.132. The third kappa shape index (κ3) is 14.6. The van der Waals surface area contributed by atoms with Crippen LogP contribution in [0.4, 0.5) is 4.39 Å². The van der Waals surface area contributed by atoms with E-state index in [9.17, 15) is 28.8 Å². The maximum Gasteiger partial charge on any atom is 0.256 e. The standard InChI is InChI=1S/C59H76FN9O9/c1-4-78-51-35-46(76-3)20-19-44(51)36-62-38-53(71)69-25-11-16-45(39-69)42-14-10-15-43(34-42)55(72)64-54(41-12-6-5-7-13-41)56(73)63-24-31-77-30-23-61-37-52(70)67-26-28-68(29-27-67)57(74)47-32-40(18-21-49(47)60)33-50-48-17-8-9-22-59(48,2)58(75)66-65-50/h8-10,14-15,17-21,32,34-35,41,45,54,61-62H,4-7,11-13,16,22-31,33,36-39H2,1-3H3,(H,63,73)(H,64,72)(H,66,75)/t45?,54-,59?/m1/s1. The van der Waals surface area contributed by atoms with Crippen molar-refractivity contribution in [2.75, 3.05) is 92.4 Å². The third-order valence-electron chi connectivity index (χ3n) is 15.7. The highest BCUT2D eigenvalue weighted by molar-refractivity contribution is 6.11. The topological polar surface area (TPSA) is 212 Å². The molecular formula is C59H76FN9O9. The van der Waals surface area contributed by atoms with Crippen LogP contribution in [0.3, 0.4) is 0 Å². The van der Waals surface area contributed by atoms with Gasteiger partial charge in [-0.25, -0.2) is 9.82 Å². The molecule has 418 valence electrons. The Bertz CT molecular complexity index is 2740. The van der Waals surface area contributed by atoms with Gasteiger partial charge in [-0.2, -0.15) is 5.10 Å². The number of hydrogen-bond donors (Lipinski definition) is 5. The van der Waals surface area contributed by atoms with Crippen molar-refractivity contribution in [3.63, 3.8) is 0 Å². The number of fused-ring (bicyclic) bond motifs is 1. The second-order valence-electron chi connectivity index (χ2n) is 21.0. The first-order valence-electron chi connectivity index (χ1n) is 27.7. The average Bonchev–Trinajstić information content (AvgIpc) is 3.56. The van der Waals surface area contributed by atoms with E-state index >= 15 is 4.39 Å². The number of piperazine rings is 1. The molecule has 3 atom stereocenters. The summed E-state index contributed by atoms with van der Waals surface area (Å²) < 4.78 is 32.0. The number of hydrazone groups is 1. The summed E-state index contributed by atoms with van der Waals surface area (Å²) >= 11 is 0. The lowest BCUT2D eigenvalue weighted by Crippen LogP contribution is -2.52. The molecule has 0 bridgehead atoms. The van der Waals surface area contributed by atoms with Crippen molar-refractivity contribution in [2.24, 2.45) is 16.4 Å². The van der Waals surface area contributed by atoms with E-state index < -0.39 is 23.2 Å². The highest BCUT2D eigenvalue weighted by Crippen LogP contribution is 2.38. The SMILES string of the molecule is CCOc1cc(OC)ccc1CNCC(=O)N1CCCC(c2cccc(C(=O)N[C@@H](C(=O)NCCOCCNCC(=O)N3CCN(C(=O)c4cc(CC5=NNC(=O)C6(C)CC=CC=C56)ccc4F)CC3)C3CCCCC3)c2)C1. The Labute approximate surface area is 456 Å². The van der Waals surface area contributed by atoms with E-state index in [1.54, 1.807) is 35.1 Å². The summed E-state index contributed by atoms with van der Waals surface area (Å²) in [5.41, 5.74) is 6.39. The molecule has 18 nitrogen and oxygen atoms in total. The number of piperidine rings is 1. The first kappa shape index (κ1) is 57.2. The Morgan fingerprint density at radius 2 is 1.63 bits per heavy atom. The van der Waals surface area contributed by atoms with Gasteiger partial charge in [0, 0.05) is 88.4 Å². The van der Waals surface area contributed by atoms with Crippen molar-refractivity contribution in [1.29, 1.82) is 0 Å². The lowest BCUT2D eigenvalue weighted by atomic mass is 9.72. The van der Waals surface area contributed by atoms with Crippen molar-refractivity contribution >= 4 is 41.2 Å². The number of ether oxygens (including phenoxy) is 3. The van der Waals surface area contributed by atoms with Gasteiger partial charge in [-0.05, 0) is 98.9 Å². The normalized spacial score (nSPS) is 19.9. The minimum atomic E-state index is -0.742. The first-order valence-corrected chi connectivity index (χ1v) is 27.7. The molecular weight excluding hydrogens is 998 g/mol. The second kappa shape index (κ2) is 27.6. The number of amides is 6. The number of nitrogens with one attached hydrogen (secondary N) is 5. The third-order valence-corrected chi connectivity index (χ3v) is 15.7. The van der Waals surface area contributed by atoms with Gasteiger partial charge in [-0.3, -0.25) is 28.8 Å². The van der Waals surface area contributed by atoms with Crippen molar-refractivity contribution in [3.05, 3.63) is 118 Å². The number of likely N-dealkylation sites (tertiary alicyclic amines) is 1. The number of rotatable bonds is 23. The number of allylic oxidation sites excluding steroid dienone is 3. The predicted molar refractivity (Wildman–Crippen MR) is 294 cm³/mol. The fourth-order valence-electron chi connectivity index (χ4n) is 11.1. The van der Waals surface area contributed by atoms with Gasteiger partial charge in [0.15, 0.2) is 0 Å². The molecule has 2 saturated heterocycles. The quantitative estimate of drug-likeness (QED) is 0.0795. The number of methoxy groups -OCH3 is 1. The molecule has 2 aliphatic carbocycles. The van der Waals surface area contributed by atoms with E-state index in [1.807, 2.05) is 73.4 Å². The van der Waals surface area contributed by atoms with Gasteiger partial charge in [-0.15, -0.1) is 0 Å². The minimum Gasteiger partial charge on any atom is -0.497 e. The minimum absolute atomic E-state index is 0.00460. The van der Waals surface area contributed by atoms with E-state index in [0.717, 1.165) is 67.4 Å². The van der Waals surface area contributed by atoms with Crippen LogP contribution in [0.1, 0.15) is 109 Å². The summed E-state index contributed by atoms with van der Waals surface area (Å²) in [5.74, 6) is -0.433. The van der Waals surface area contributed by atoms with Crippen LogP contribution in [0, 0.1) is 17.2 Å². The molecule has 1 saturated carbocycles. The summed E-state index contributed by atoms with van der Waals surface area (Å²) in [6.45, 7) is 8.57. The number of benzene rings is 3. The molecule has 3 fully saturated rings. The van der Waals surface area contributed by atoms with Gasteiger partial charge in [0.1, 0.15) is 23.4 Å². The van der Waals surface area contributed by atoms with Crippen molar-refractivity contribution in [2.45, 2.75) is 90.1 Å². The fraction of sp³-hybridized carbons (Fsp3) is 0.508. The van der Waals surface area contributed by atoms with E-state index in [2.05, 4.69) is 31.8 Å². The molecule has 3 heterocycles.